The van der Waals surface area contributed by atoms with Gasteiger partial charge in [0.1, 0.15) is 0 Å². The molecule has 1 atom stereocenters. The van der Waals surface area contributed by atoms with Crippen LogP contribution in [-0.4, -0.2) is 33.9 Å². The number of alkyl halides is 3. The number of carboxylic acid groups (broad SMARTS) is 1. The number of carbonyl (C=O) groups is 3. The summed E-state index contributed by atoms with van der Waals surface area (Å²) in [7, 11) is 0. The molecular weight excluding hydrogens is 661 g/mol. The fraction of sp³-hybridized carbons (Fsp3) is 0.303. The zero-order valence-corrected chi connectivity index (χ0v) is 26.2. The Balaban J connectivity index is 1.71. The van der Waals surface area contributed by atoms with E-state index in [1.54, 1.807) is 53.1 Å². The molecule has 0 fully saturated rings. The first-order valence-corrected chi connectivity index (χ1v) is 15.4. The Labute approximate surface area is 266 Å². The lowest BCUT2D eigenvalue weighted by Gasteiger charge is -2.19. The van der Waals surface area contributed by atoms with E-state index < -0.39 is 29.5 Å². The van der Waals surface area contributed by atoms with Gasteiger partial charge in [0.2, 0.25) is 0 Å². The van der Waals surface area contributed by atoms with E-state index in [9.17, 15) is 27.6 Å². The predicted molar refractivity (Wildman–Crippen MR) is 168 cm³/mol. The number of benzene rings is 3. The first kappa shape index (κ1) is 33.3. The van der Waals surface area contributed by atoms with Crippen LogP contribution >= 0.6 is 27.5 Å². The van der Waals surface area contributed by atoms with Crippen molar-refractivity contribution in [3.05, 3.63) is 98.6 Å². The lowest BCUT2D eigenvalue weighted by atomic mass is 9.88. The summed E-state index contributed by atoms with van der Waals surface area (Å²) in [6, 6.07) is 16.6. The molecule has 4 rings (SSSR count). The summed E-state index contributed by atoms with van der Waals surface area (Å²) >= 11 is 9.76. The number of rotatable bonds is 13. The molecule has 0 aliphatic carbocycles. The molecule has 11 heteroatoms. The summed E-state index contributed by atoms with van der Waals surface area (Å²) in [4.78, 5) is 37.6. The number of hydrogen-bond acceptors (Lipinski definition) is 3. The number of aliphatic carboxylic acids is 1. The fourth-order valence-electron chi connectivity index (χ4n) is 5.15. The van der Waals surface area contributed by atoms with E-state index in [0.717, 1.165) is 37.0 Å². The number of aromatic nitrogens is 1. The Bertz CT molecular complexity index is 1690. The minimum atomic E-state index is -4.55. The molecular formula is C33H31BrClF3N2O4. The molecule has 44 heavy (non-hydrogen) atoms. The third-order valence-corrected chi connectivity index (χ3v) is 8.35. The van der Waals surface area contributed by atoms with Crippen LogP contribution in [0.5, 0.6) is 0 Å². The molecule has 0 radical (unpaired) electrons. The normalized spacial score (nSPS) is 12.3. The van der Waals surface area contributed by atoms with Gasteiger partial charge >= 0.3 is 12.1 Å². The summed E-state index contributed by atoms with van der Waals surface area (Å²) < 4.78 is 43.1. The Morgan fingerprint density at radius 3 is 2.48 bits per heavy atom. The van der Waals surface area contributed by atoms with Crippen molar-refractivity contribution in [2.75, 3.05) is 6.54 Å². The van der Waals surface area contributed by atoms with Crippen LogP contribution in [0, 0.1) is 5.92 Å². The number of nitrogens with one attached hydrogen (secondary N) is 1. The molecule has 232 valence electrons. The Morgan fingerprint density at radius 2 is 1.80 bits per heavy atom. The summed E-state index contributed by atoms with van der Waals surface area (Å²) in [5.74, 6) is -2.15. The number of fused-ring (bicyclic) bond motifs is 1. The molecule has 4 aromatic rings. The smallest absolute Gasteiger partial charge is 0.416 e. The maximum atomic E-state index is 14.3. The minimum Gasteiger partial charge on any atom is -0.481 e. The molecule has 2 N–H and O–H groups in total. The topological polar surface area (TPSA) is 88.4 Å². The SMILES string of the molecule is CCCCCC(Cc1ccc(C(=O)NCCC(=O)O)cc1Br)C(=O)c1cc2cc(Cl)ccc2n1-c1cccc(C(F)(F)F)c1. The molecule has 0 saturated carbocycles. The van der Waals surface area contributed by atoms with Gasteiger partial charge in [-0.3, -0.25) is 14.4 Å². The van der Waals surface area contributed by atoms with Crippen molar-refractivity contribution in [2.24, 2.45) is 5.92 Å². The van der Waals surface area contributed by atoms with E-state index in [1.165, 1.54) is 6.07 Å². The van der Waals surface area contributed by atoms with Crippen molar-refractivity contribution in [2.45, 2.75) is 51.6 Å². The van der Waals surface area contributed by atoms with E-state index in [2.05, 4.69) is 28.2 Å². The molecule has 6 nitrogen and oxygen atoms in total. The van der Waals surface area contributed by atoms with E-state index >= 15 is 0 Å². The van der Waals surface area contributed by atoms with Crippen LogP contribution in [0.15, 0.2) is 71.2 Å². The Morgan fingerprint density at radius 1 is 1.02 bits per heavy atom. The number of Topliss-reactive ketones (excluding diaryl/α,β-unsaturated/α-hetero) is 1. The fourth-order valence-corrected chi connectivity index (χ4v) is 5.87. The van der Waals surface area contributed by atoms with Gasteiger partial charge in [-0.05, 0) is 73.0 Å². The number of amides is 1. The van der Waals surface area contributed by atoms with Gasteiger partial charge in [-0.2, -0.15) is 13.2 Å². The maximum absolute atomic E-state index is 14.3. The monoisotopic (exact) mass is 690 g/mol. The molecule has 0 aliphatic rings. The molecule has 1 aromatic heterocycles. The third-order valence-electron chi connectivity index (χ3n) is 7.38. The highest BCUT2D eigenvalue weighted by Crippen LogP contribution is 2.35. The Kier molecular flexibility index (Phi) is 10.9. The molecule has 0 spiro atoms. The summed E-state index contributed by atoms with van der Waals surface area (Å²) in [6.45, 7) is 2.05. The van der Waals surface area contributed by atoms with Crippen molar-refractivity contribution >= 4 is 56.1 Å². The van der Waals surface area contributed by atoms with E-state index in [0.29, 0.717) is 38.8 Å². The van der Waals surface area contributed by atoms with Crippen molar-refractivity contribution in [3.8, 4) is 5.69 Å². The van der Waals surface area contributed by atoms with Crippen LogP contribution in [0.3, 0.4) is 0 Å². The van der Waals surface area contributed by atoms with Crippen LogP contribution in [0.4, 0.5) is 13.2 Å². The van der Waals surface area contributed by atoms with Gasteiger partial charge in [0.15, 0.2) is 5.78 Å². The minimum absolute atomic E-state index is 0.00731. The standard InChI is InChI=1S/C33H31BrClF3N2O4/c1-2-3-4-6-21(15-20-9-10-22(17-27(20)34)32(44)39-14-13-30(41)42)31(43)29-18-23-16-25(35)11-12-28(23)40(29)26-8-5-7-24(19-26)33(36,37)38/h5,7-12,16-19,21H,2-4,6,13-15H2,1H3,(H,39,44)(H,41,42). The van der Waals surface area contributed by atoms with Crippen LogP contribution in [0.1, 0.15) is 71.0 Å². The number of nitrogens with zero attached hydrogens (tertiary/aromatic N) is 1. The van der Waals surface area contributed by atoms with E-state index in [4.69, 9.17) is 16.7 Å². The molecule has 3 aromatic carbocycles. The second-order valence-electron chi connectivity index (χ2n) is 10.6. The van der Waals surface area contributed by atoms with Crippen molar-refractivity contribution in [1.29, 1.82) is 0 Å². The van der Waals surface area contributed by atoms with Crippen LogP contribution in [0.25, 0.3) is 16.6 Å². The highest BCUT2D eigenvalue weighted by atomic mass is 79.9. The molecule has 0 aliphatic heterocycles. The zero-order valence-electron chi connectivity index (χ0n) is 23.9. The number of hydrogen-bond donors (Lipinski definition) is 2. The average Bonchev–Trinajstić information content (AvgIpc) is 3.35. The number of halogens is 5. The van der Waals surface area contributed by atoms with Gasteiger partial charge in [-0.15, -0.1) is 0 Å². The number of unbranched alkanes of at least 4 members (excludes halogenated alkanes) is 2. The predicted octanol–water partition coefficient (Wildman–Crippen LogP) is 8.89. The van der Waals surface area contributed by atoms with Crippen molar-refractivity contribution < 1.29 is 32.7 Å². The molecule has 1 heterocycles. The largest absolute Gasteiger partial charge is 0.481 e. The lowest BCUT2D eigenvalue weighted by molar-refractivity contribution is -0.138. The second kappa shape index (κ2) is 14.4. The van der Waals surface area contributed by atoms with Gasteiger partial charge in [0.05, 0.1) is 23.2 Å². The van der Waals surface area contributed by atoms with Crippen LogP contribution in [0.2, 0.25) is 5.02 Å². The van der Waals surface area contributed by atoms with E-state index in [-0.39, 0.29) is 30.1 Å². The molecule has 0 bridgehead atoms. The Hall–Kier alpha value is -3.63. The van der Waals surface area contributed by atoms with Crippen LogP contribution in [-0.2, 0) is 17.4 Å². The maximum Gasteiger partial charge on any atom is 0.416 e. The zero-order chi connectivity index (χ0) is 32.0. The van der Waals surface area contributed by atoms with Gasteiger partial charge < -0.3 is 15.0 Å². The average molecular weight is 692 g/mol. The van der Waals surface area contributed by atoms with Gasteiger partial charge in [-0.25, -0.2) is 0 Å². The van der Waals surface area contributed by atoms with E-state index in [1.807, 2.05) is 0 Å². The quantitative estimate of drug-likeness (QED) is 0.108. The second-order valence-corrected chi connectivity index (χ2v) is 11.9. The van der Waals surface area contributed by atoms with Crippen molar-refractivity contribution in [3.63, 3.8) is 0 Å². The van der Waals surface area contributed by atoms with Gasteiger partial charge in [0.25, 0.3) is 5.91 Å². The highest BCUT2D eigenvalue weighted by molar-refractivity contribution is 9.10. The molecule has 1 amide bonds. The van der Waals surface area contributed by atoms with Crippen molar-refractivity contribution in [1.82, 2.24) is 9.88 Å². The first-order chi connectivity index (χ1) is 20.9. The number of carboxylic acids is 1. The van der Waals surface area contributed by atoms with Crippen LogP contribution < -0.4 is 5.32 Å². The first-order valence-electron chi connectivity index (χ1n) is 14.2. The van der Waals surface area contributed by atoms with Gasteiger partial charge in [-0.1, -0.05) is 65.8 Å². The number of carbonyl (C=O) groups excluding carboxylic acids is 2. The third kappa shape index (κ3) is 8.09. The summed E-state index contributed by atoms with van der Waals surface area (Å²) in [6.07, 6.45) is -1.23. The molecule has 1 unspecified atom stereocenters. The van der Waals surface area contributed by atoms with Gasteiger partial charge in [0, 0.05) is 38.6 Å². The summed E-state index contributed by atoms with van der Waals surface area (Å²) in [5.41, 5.74) is 1.33. The molecule has 0 saturated heterocycles. The highest BCUT2D eigenvalue weighted by Gasteiger charge is 2.32. The number of ketones is 1. The summed E-state index contributed by atoms with van der Waals surface area (Å²) in [5, 5.41) is 12.4. The lowest BCUT2D eigenvalue weighted by Crippen LogP contribution is -2.26.